The molecule has 3 heterocycles. The van der Waals surface area contributed by atoms with Crippen LogP contribution in [0.5, 0.6) is 0 Å². The lowest BCUT2D eigenvalue weighted by atomic mass is 10.1. The number of Topliss-reactive ketones (excluding diaryl/α,β-unsaturated/α-hetero) is 1. The van der Waals surface area contributed by atoms with Gasteiger partial charge in [-0.15, -0.1) is 0 Å². The Hall–Kier alpha value is -3.74. The molecule has 4 aromatic rings. The Morgan fingerprint density at radius 2 is 1.88 bits per heavy atom. The highest BCUT2D eigenvalue weighted by molar-refractivity contribution is 5.80. The molecule has 0 aliphatic carbocycles. The van der Waals surface area contributed by atoms with Gasteiger partial charge < -0.3 is 9.55 Å². The van der Waals surface area contributed by atoms with Crippen molar-refractivity contribution in [3.05, 3.63) is 98.7 Å². The summed E-state index contributed by atoms with van der Waals surface area (Å²) in [6.07, 6.45) is 8.02. The van der Waals surface area contributed by atoms with E-state index in [-0.39, 0.29) is 24.3 Å². The molecule has 3 aromatic heterocycles. The van der Waals surface area contributed by atoms with E-state index in [0.29, 0.717) is 18.4 Å². The highest BCUT2D eigenvalue weighted by Crippen LogP contribution is 2.14. The van der Waals surface area contributed by atoms with Crippen molar-refractivity contribution in [1.82, 2.24) is 19.1 Å². The highest BCUT2D eigenvalue weighted by Gasteiger charge is 2.14. The zero-order chi connectivity index (χ0) is 22.5. The number of fused-ring (bicyclic) bond motifs is 1. The minimum atomic E-state index is -0.466. The van der Waals surface area contributed by atoms with Gasteiger partial charge in [-0.05, 0) is 43.4 Å². The third kappa shape index (κ3) is 4.94. The summed E-state index contributed by atoms with van der Waals surface area (Å²) in [6.45, 7) is -0.209. The van der Waals surface area contributed by atoms with E-state index in [1.165, 1.54) is 10.1 Å². The van der Waals surface area contributed by atoms with Gasteiger partial charge in [0.2, 0.25) is 0 Å². The van der Waals surface area contributed by atoms with Crippen molar-refractivity contribution in [2.45, 2.75) is 38.6 Å². The Balaban J connectivity index is 1.42. The topological polar surface area (TPSA) is 89.8 Å². The first-order chi connectivity index (χ1) is 15.5. The van der Waals surface area contributed by atoms with Crippen LogP contribution in [0.15, 0.2) is 70.6 Å². The van der Waals surface area contributed by atoms with Gasteiger partial charge in [0.15, 0.2) is 5.78 Å². The van der Waals surface area contributed by atoms with E-state index in [1.807, 2.05) is 30.3 Å². The molecule has 0 saturated heterocycles. The average molecular weight is 431 g/mol. The smallest absolute Gasteiger partial charge is 0.331 e. The van der Waals surface area contributed by atoms with Crippen LogP contribution in [0, 0.1) is 0 Å². The number of hydrogen-bond acceptors (Lipinski definition) is 4. The van der Waals surface area contributed by atoms with E-state index >= 15 is 0 Å². The zero-order valence-electron chi connectivity index (χ0n) is 18.1. The van der Waals surface area contributed by atoms with Crippen molar-refractivity contribution in [2.75, 3.05) is 0 Å². The molecule has 4 rings (SSSR count). The molecule has 0 atom stereocenters. The average Bonchev–Trinajstić information content (AvgIpc) is 3.22. The molecule has 0 saturated carbocycles. The van der Waals surface area contributed by atoms with Gasteiger partial charge in [-0.3, -0.25) is 19.1 Å². The lowest BCUT2D eigenvalue weighted by Gasteiger charge is -2.10. The fourth-order valence-corrected chi connectivity index (χ4v) is 3.93. The van der Waals surface area contributed by atoms with Crippen LogP contribution in [0.4, 0.5) is 0 Å². The van der Waals surface area contributed by atoms with E-state index < -0.39 is 5.69 Å². The van der Waals surface area contributed by atoms with Crippen molar-refractivity contribution in [1.29, 1.82) is 0 Å². The van der Waals surface area contributed by atoms with Crippen molar-refractivity contribution < 1.29 is 4.79 Å². The minimum Gasteiger partial charge on any atom is -0.358 e. The standard InChI is InChI=1S/C25H26N4O3/c1-28-16-19(9-5-8-18-6-3-2-4-7-18)24(31)29(25(28)32)17-22(30)11-10-21-14-20-15-26-13-12-23(20)27-21/h2-4,6-7,12-16,27H,5,8-11,17H2,1H3. The summed E-state index contributed by atoms with van der Waals surface area (Å²) in [5.74, 6) is -0.151. The maximum absolute atomic E-state index is 12.9. The third-order valence-corrected chi connectivity index (χ3v) is 5.64. The van der Waals surface area contributed by atoms with Crippen molar-refractivity contribution in [3.8, 4) is 0 Å². The van der Waals surface area contributed by atoms with Crippen LogP contribution in [0.25, 0.3) is 10.9 Å². The van der Waals surface area contributed by atoms with Gasteiger partial charge in [0, 0.05) is 54.2 Å². The number of carbonyl (C=O) groups excluding carboxylic acids is 1. The molecule has 0 radical (unpaired) electrons. The monoisotopic (exact) mass is 430 g/mol. The molecule has 32 heavy (non-hydrogen) atoms. The molecule has 7 heteroatoms. The number of benzene rings is 1. The third-order valence-electron chi connectivity index (χ3n) is 5.64. The van der Waals surface area contributed by atoms with Crippen LogP contribution < -0.4 is 11.2 Å². The van der Waals surface area contributed by atoms with Crippen LogP contribution in [0.1, 0.15) is 29.7 Å². The molecular formula is C25H26N4O3. The van der Waals surface area contributed by atoms with E-state index in [0.717, 1.165) is 34.0 Å². The number of hydrogen-bond donors (Lipinski definition) is 1. The first-order valence-electron chi connectivity index (χ1n) is 10.8. The number of nitrogens with one attached hydrogen (secondary N) is 1. The summed E-state index contributed by atoms with van der Waals surface area (Å²) >= 11 is 0. The number of pyridine rings is 1. The van der Waals surface area contributed by atoms with E-state index in [2.05, 4.69) is 22.1 Å². The number of rotatable bonds is 9. The SMILES string of the molecule is Cn1cc(CCCc2ccccc2)c(=O)n(CC(=O)CCc2cc3cnccc3[nH]2)c1=O. The number of ketones is 1. The molecule has 0 spiro atoms. The summed E-state index contributed by atoms with van der Waals surface area (Å²) in [5.41, 5.74) is 2.82. The molecule has 0 aliphatic heterocycles. The number of aromatic amines is 1. The minimum absolute atomic E-state index is 0.151. The molecule has 164 valence electrons. The van der Waals surface area contributed by atoms with E-state index in [4.69, 9.17) is 0 Å². The summed E-state index contributed by atoms with van der Waals surface area (Å²) in [7, 11) is 1.61. The number of nitrogens with zero attached hydrogens (tertiary/aromatic N) is 3. The summed E-state index contributed by atoms with van der Waals surface area (Å²) in [6, 6.07) is 13.9. The first-order valence-corrected chi connectivity index (χ1v) is 10.8. The van der Waals surface area contributed by atoms with Gasteiger partial charge in [-0.2, -0.15) is 0 Å². The molecule has 0 fully saturated rings. The Bertz CT molecular complexity index is 1320. The maximum atomic E-state index is 12.9. The lowest BCUT2D eigenvalue weighted by molar-refractivity contribution is -0.119. The second-order valence-corrected chi connectivity index (χ2v) is 8.07. The van der Waals surface area contributed by atoms with Crippen molar-refractivity contribution in [2.24, 2.45) is 7.05 Å². The van der Waals surface area contributed by atoms with Crippen molar-refractivity contribution in [3.63, 3.8) is 0 Å². The van der Waals surface area contributed by atoms with Gasteiger partial charge in [0.05, 0.1) is 6.54 Å². The summed E-state index contributed by atoms with van der Waals surface area (Å²) in [5, 5.41) is 0.989. The Morgan fingerprint density at radius 3 is 2.66 bits per heavy atom. The molecule has 0 unspecified atom stereocenters. The molecule has 7 nitrogen and oxygen atoms in total. The normalized spacial score (nSPS) is 11.2. The quantitative estimate of drug-likeness (QED) is 0.442. The van der Waals surface area contributed by atoms with Crippen LogP contribution >= 0.6 is 0 Å². The number of aromatic nitrogens is 4. The molecule has 1 aromatic carbocycles. The van der Waals surface area contributed by atoms with Crippen molar-refractivity contribution >= 4 is 16.7 Å². The van der Waals surface area contributed by atoms with Crippen LogP contribution in [0.2, 0.25) is 0 Å². The Morgan fingerprint density at radius 1 is 1.06 bits per heavy atom. The largest absolute Gasteiger partial charge is 0.358 e. The molecule has 1 N–H and O–H groups in total. The Labute approximate surface area is 185 Å². The summed E-state index contributed by atoms with van der Waals surface area (Å²) in [4.78, 5) is 45.4. The fraction of sp³-hybridized carbons (Fsp3) is 0.280. The second kappa shape index (κ2) is 9.60. The number of carbonyl (C=O) groups is 1. The van der Waals surface area contributed by atoms with Gasteiger partial charge in [-0.25, -0.2) is 4.79 Å². The predicted octanol–water partition coefficient (Wildman–Crippen LogP) is 2.80. The van der Waals surface area contributed by atoms with E-state index in [1.54, 1.807) is 25.6 Å². The van der Waals surface area contributed by atoms with Gasteiger partial charge in [0.25, 0.3) is 5.56 Å². The zero-order valence-corrected chi connectivity index (χ0v) is 18.1. The van der Waals surface area contributed by atoms with Gasteiger partial charge >= 0.3 is 5.69 Å². The van der Waals surface area contributed by atoms with Crippen LogP contribution in [-0.2, 0) is 37.6 Å². The number of H-pyrrole nitrogens is 1. The second-order valence-electron chi connectivity index (χ2n) is 8.07. The lowest BCUT2D eigenvalue weighted by Crippen LogP contribution is -2.42. The predicted molar refractivity (Wildman–Crippen MR) is 124 cm³/mol. The van der Waals surface area contributed by atoms with Crippen LogP contribution in [0.3, 0.4) is 0 Å². The molecule has 0 amide bonds. The fourth-order valence-electron chi connectivity index (χ4n) is 3.93. The summed E-state index contributed by atoms with van der Waals surface area (Å²) < 4.78 is 2.45. The van der Waals surface area contributed by atoms with Gasteiger partial charge in [-0.1, -0.05) is 30.3 Å². The molecular weight excluding hydrogens is 404 g/mol. The highest BCUT2D eigenvalue weighted by atomic mass is 16.2. The first kappa shape index (κ1) is 21.5. The van der Waals surface area contributed by atoms with Crippen LogP contribution in [-0.4, -0.2) is 24.9 Å². The molecule has 0 aliphatic rings. The Kier molecular flexibility index (Phi) is 6.44. The maximum Gasteiger partial charge on any atom is 0.331 e. The number of aryl methyl sites for hydroxylation is 4. The van der Waals surface area contributed by atoms with E-state index in [9.17, 15) is 14.4 Å². The molecule has 0 bridgehead atoms. The van der Waals surface area contributed by atoms with Gasteiger partial charge in [0.1, 0.15) is 0 Å².